The quantitative estimate of drug-likeness (QED) is 0.553. The SMILES string of the molecule is CN1CC(N(C)C(=O)CCl)C1. The van der Waals surface area contributed by atoms with Crippen LogP contribution in [-0.2, 0) is 4.79 Å². The van der Waals surface area contributed by atoms with Gasteiger partial charge in [0.05, 0.1) is 6.04 Å². The van der Waals surface area contributed by atoms with Crippen LogP contribution in [0.3, 0.4) is 0 Å². The molecule has 1 amide bonds. The zero-order valence-electron chi connectivity index (χ0n) is 6.88. The van der Waals surface area contributed by atoms with Crippen LogP contribution in [0.15, 0.2) is 0 Å². The summed E-state index contributed by atoms with van der Waals surface area (Å²) in [5.74, 6) is 0.112. The van der Waals surface area contributed by atoms with Crippen LogP contribution in [-0.4, -0.2) is 54.8 Å². The second-order valence-electron chi connectivity index (χ2n) is 3.01. The second kappa shape index (κ2) is 3.41. The lowest BCUT2D eigenvalue weighted by Gasteiger charge is -2.41. The van der Waals surface area contributed by atoms with Crippen LogP contribution in [0.5, 0.6) is 0 Å². The lowest BCUT2D eigenvalue weighted by atomic mass is 10.1. The molecule has 4 heteroatoms. The Labute approximate surface area is 71.9 Å². The van der Waals surface area contributed by atoms with Crippen LogP contribution in [0.1, 0.15) is 0 Å². The molecule has 0 spiro atoms. The van der Waals surface area contributed by atoms with Gasteiger partial charge < -0.3 is 9.80 Å². The van der Waals surface area contributed by atoms with E-state index in [0.29, 0.717) is 6.04 Å². The number of carbonyl (C=O) groups excluding carboxylic acids is 1. The van der Waals surface area contributed by atoms with Crippen molar-refractivity contribution in [1.29, 1.82) is 0 Å². The van der Waals surface area contributed by atoms with Crippen LogP contribution >= 0.6 is 11.6 Å². The van der Waals surface area contributed by atoms with Gasteiger partial charge in [0.1, 0.15) is 5.88 Å². The first-order chi connectivity index (χ1) is 5.15. The Morgan fingerprint density at radius 2 is 2.27 bits per heavy atom. The van der Waals surface area contributed by atoms with Crippen LogP contribution < -0.4 is 0 Å². The Kier molecular flexibility index (Phi) is 2.73. The van der Waals surface area contributed by atoms with Crippen molar-refractivity contribution in [3.8, 4) is 0 Å². The van der Waals surface area contributed by atoms with Gasteiger partial charge in [0.25, 0.3) is 0 Å². The number of carbonyl (C=O) groups is 1. The van der Waals surface area contributed by atoms with Gasteiger partial charge in [-0.15, -0.1) is 11.6 Å². The Bertz CT molecular complexity index is 157. The third kappa shape index (κ3) is 1.84. The number of hydrogen-bond acceptors (Lipinski definition) is 2. The molecular formula is C7H13ClN2O. The maximum Gasteiger partial charge on any atom is 0.237 e. The van der Waals surface area contributed by atoms with Crippen LogP contribution in [0.2, 0.25) is 0 Å². The van der Waals surface area contributed by atoms with E-state index in [1.54, 1.807) is 4.90 Å². The zero-order valence-corrected chi connectivity index (χ0v) is 7.64. The molecule has 1 aliphatic rings. The Hall–Kier alpha value is -0.280. The predicted octanol–water partition coefficient (Wildman–Crippen LogP) is -0.00240. The van der Waals surface area contributed by atoms with Gasteiger partial charge in [-0.1, -0.05) is 0 Å². The second-order valence-corrected chi connectivity index (χ2v) is 3.28. The van der Waals surface area contributed by atoms with Crippen molar-refractivity contribution in [3.05, 3.63) is 0 Å². The third-order valence-electron chi connectivity index (χ3n) is 2.10. The van der Waals surface area contributed by atoms with Crippen molar-refractivity contribution >= 4 is 17.5 Å². The summed E-state index contributed by atoms with van der Waals surface area (Å²) >= 11 is 5.40. The highest BCUT2D eigenvalue weighted by molar-refractivity contribution is 6.27. The molecule has 0 radical (unpaired) electrons. The van der Waals surface area contributed by atoms with Gasteiger partial charge in [0, 0.05) is 20.1 Å². The van der Waals surface area contributed by atoms with Crippen molar-refractivity contribution in [2.24, 2.45) is 0 Å². The van der Waals surface area contributed by atoms with Crippen molar-refractivity contribution in [2.75, 3.05) is 33.1 Å². The number of hydrogen-bond donors (Lipinski definition) is 0. The van der Waals surface area contributed by atoms with E-state index in [-0.39, 0.29) is 11.8 Å². The van der Waals surface area contributed by atoms with Crippen LogP contribution in [0.25, 0.3) is 0 Å². The summed E-state index contributed by atoms with van der Waals surface area (Å²) in [4.78, 5) is 14.9. The molecule has 1 aliphatic heterocycles. The van der Waals surface area contributed by atoms with Gasteiger partial charge >= 0.3 is 0 Å². The summed E-state index contributed by atoms with van der Waals surface area (Å²) in [6, 6.07) is 0.381. The number of halogens is 1. The number of nitrogens with zero attached hydrogens (tertiary/aromatic N) is 2. The fourth-order valence-electron chi connectivity index (χ4n) is 1.21. The number of likely N-dealkylation sites (N-methyl/N-ethyl adjacent to an activating group) is 2. The molecule has 0 saturated carbocycles. The number of amides is 1. The van der Waals surface area contributed by atoms with Gasteiger partial charge in [-0.25, -0.2) is 0 Å². The summed E-state index contributed by atoms with van der Waals surface area (Å²) in [5.41, 5.74) is 0. The van der Waals surface area contributed by atoms with E-state index >= 15 is 0 Å². The average Bonchev–Trinajstić information content (AvgIpc) is 1.96. The zero-order chi connectivity index (χ0) is 8.43. The van der Waals surface area contributed by atoms with Crippen LogP contribution in [0.4, 0.5) is 0 Å². The summed E-state index contributed by atoms with van der Waals surface area (Å²) in [5, 5.41) is 0. The largest absolute Gasteiger partial charge is 0.339 e. The number of alkyl halides is 1. The Balaban J connectivity index is 2.31. The maximum atomic E-state index is 11.0. The minimum atomic E-state index is 0.0183. The molecule has 0 aromatic rings. The Morgan fingerprint density at radius 1 is 1.73 bits per heavy atom. The van der Waals surface area contributed by atoms with Gasteiger partial charge in [-0.2, -0.15) is 0 Å². The fraction of sp³-hybridized carbons (Fsp3) is 0.857. The average molecular weight is 177 g/mol. The van der Waals surface area contributed by atoms with Gasteiger partial charge in [-0.05, 0) is 7.05 Å². The van der Waals surface area contributed by atoms with Gasteiger partial charge in [-0.3, -0.25) is 4.79 Å². The monoisotopic (exact) mass is 176 g/mol. The molecule has 1 fully saturated rings. The van der Waals surface area contributed by atoms with Crippen molar-refractivity contribution in [1.82, 2.24) is 9.80 Å². The Morgan fingerprint density at radius 3 is 2.64 bits per heavy atom. The molecule has 1 saturated heterocycles. The molecule has 11 heavy (non-hydrogen) atoms. The molecule has 0 bridgehead atoms. The minimum absolute atomic E-state index is 0.0183. The van der Waals surface area contributed by atoms with Crippen molar-refractivity contribution in [3.63, 3.8) is 0 Å². The van der Waals surface area contributed by atoms with Crippen molar-refractivity contribution in [2.45, 2.75) is 6.04 Å². The molecule has 64 valence electrons. The van der Waals surface area contributed by atoms with Gasteiger partial charge in [0.2, 0.25) is 5.91 Å². The first-order valence-corrected chi connectivity index (χ1v) is 4.18. The highest BCUT2D eigenvalue weighted by Gasteiger charge is 2.28. The molecule has 0 atom stereocenters. The highest BCUT2D eigenvalue weighted by Crippen LogP contribution is 2.10. The number of likely N-dealkylation sites (tertiary alicyclic amines) is 1. The standard InChI is InChI=1S/C7H13ClN2O/c1-9-4-6(5-9)10(2)7(11)3-8/h6H,3-5H2,1-2H3. The molecule has 1 heterocycles. The first kappa shape index (κ1) is 8.81. The predicted molar refractivity (Wildman–Crippen MR) is 44.8 cm³/mol. The normalized spacial score (nSPS) is 19.5. The van der Waals surface area contributed by atoms with Crippen molar-refractivity contribution < 1.29 is 4.79 Å². The van der Waals surface area contributed by atoms with E-state index in [4.69, 9.17) is 11.6 Å². The first-order valence-electron chi connectivity index (χ1n) is 3.65. The highest BCUT2D eigenvalue weighted by atomic mass is 35.5. The fourth-order valence-corrected chi connectivity index (χ4v) is 1.40. The maximum absolute atomic E-state index is 11.0. The summed E-state index contributed by atoms with van der Waals surface area (Å²) in [6.45, 7) is 1.94. The molecule has 0 N–H and O–H groups in total. The summed E-state index contributed by atoms with van der Waals surface area (Å²) < 4.78 is 0. The topological polar surface area (TPSA) is 23.6 Å². The smallest absolute Gasteiger partial charge is 0.237 e. The third-order valence-corrected chi connectivity index (χ3v) is 2.33. The molecule has 0 aromatic heterocycles. The van der Waals surface area contributed by atoms with Crippen LogP contribution in [0, 0.1) is 0 Å². The summed E-state index contributed by atoms with van der Waals surface area (Å²) in [6.07, 6.45) is 0. The van der Waals surface area contributed by atoms with E-state index in [0.717, 1.165) is 13.1 Å². The molecule has 0 aromatic carbocycles. The molecular weight excluding hydrogens is 164 g/mol. The lowest BCUT2D eigenvalue weighted by molar-refractivity contribution is -0.132. The van der Waals surface area contributed by atoms with Gasteiger partial charge in [0.15, 0.2) is 0 Å². The molecule has 0 unspecified atom stereocenters. The van der Waals surface area contributed by atoms with E-state index in [1.165, 1.54) is 0 Å². The van der Waals surface area contributed by atoms with E-state index in [2.05, 4.69) is 4.90 Å². The van der Waals surface area contributed by atoms with E-state index < -0.39 is 0 Å². The molecule has 0 aliphatic carbocycles. The number of rotatable bonds is 2. The molecule has 3 nitrogen and oxygen atoms in total. The summed E-state index contributed by atoms with van der Waals surface area (Å²) in [7, 11) is 3.85. The lowest BCUT2D eigenvalue weighted by Crippen LogP contribution is -2.58. The van der Waals surface area contributed by atoms with E-state index in [9.17, 15) is 4.79 Å². The van der Waals surface area contributed by atoms with E-state index in [1.807, 2.05) is 14.1 Å². The molecule has 1 rings (SSSR count). The minimum Gasteiger partial charge on any atom is -0.339 e.